The van der Waals surface area contributed by atoms with Gasteiger partial charge in [-0.05, 0) is 30.3 Å². The van der Waals surface area contributed by atoms with Crippen molar-refractivity contribution in [2.24, 2.45) is 0 Å². The lowest BCUT2D eigenvalue weighted by atomic mass is 10.1. The summed E-state index contributed by atoms with van der Waals surface area (Å²) in [6, 6.07) is 14.5. The fourth-order valence-electron chi connectivity index (χ4n) is 3.00. The lowest BCUT2D eigenvalue weighted by molar-refractivity contribution is -0.132. The molecule has 0 spiro atoms. The Morgan fingerprint density at radius 3 is 2.36 bits per heavy atom. The number of rotatable bonds is 5. The number of hydrogen-bond donors (Lipinski definition) is 1. The van der Waals surface area contributed by atoms with E-state index in [4.69, 9.17) is 9.47 Å². The number of methoxy groups -OCH3 is 1. The maximum absolute atomic E-state index is 12.4. The maximum Gasteiger partial charge on any atom is 0.227 e. The number of aromatic hydroxyl groups is 1. The molecule has 1 amide bonds. The molecule has 0 saturated carbocycles. The van der Waals surface area contributed by atoms with Crippen LogP contribution in [0.5, 0.6) is 17.2 Å². The van der Waals surface area contributed by atoms with E-state index in [1.165, 1.54) is 0 Å². The zero-order valence-corrected chi connectivity index (χ0v) is 14.4. The first-order chi connectivity index (χ1) is 12.2. The molecule has 2 aromatic carbocycles. The summed E-state index contributed by atoms with van der Waals surface area (Å²) < 4.78 is 11.1. The first kappa shape index (κ1) is 17.1. The summed E-state index contributed by atoms with van der Waals surface area (Å²) in [7, 11) is 1.64. The molecule has 3 rings (SSSR count). The van der Waals surface area contributed by atoms with Crippen molar-refractivity contribution in [3.05, 3.63) is 54.1 Å². The Bertz CT molecular complexity index is 706. The highest BCUT2D eigenvalue weighted by molar-refractivity contribution is 5.79. The van der Waals surface area contributed by atoms with Crippen molar-refractivity contribution < 1.29 is 19.4 Å². The first-order valence-electron chi connectivity index (χ1n) is 8.51. The van der Waals surface area contributed by atoms with E-state index in [9.17, 15) is 9.90 Å². The normalized spacial score (nSPS) is 15.0. The summed E-state index contributed by atoms with van der Waals surface area (Å²) in [5.74, 6) is 1.84. The molecule has 1 aliphatic rings. The number of benzene rings is 2. The average Bonchev–Trinajstić information content (AvgIpc) is 2.65. The second kappa shape index (κ2) is 7.92. The van der Waals surface area contributed by atoms with Crippen LogP contribution in [0.25, 0.3) is 0 Å². The highest BCUT2D eigenvalue weighted by Crippen LogP contribution is 2.23. The van der Waals surface area contributed by atoms with E-state index in [0.29, 0.717) is 18.7 Å². The number of para-hydroxylation sites is 1. The molecule has 1 N–H and O–H groups in total. The van der Waals surface area contributed by atoms with Crippen LogP contribution in [0.3, 0.4) is 0 Å². The predicted octanol–water partition coefficient (Wildman–Crippen LogP) is 3.01. The average molecular weight is 341 g/mol. The van der Waals surface area contributed by atoms with Crippen molar-refractivity contribution in [3.8, 4) is 17.2 Å². The molecule has 1 aliphatic heterocycles. The number of carbonyl (C=O) groups excluding carboxylic acids is 1. The van der Waals surface area contributed by atoms with Crippen LogP contribution in [0.1, 0.15) is 18.4 Å². The van der Waals surface area contributed by atoms with Gasteiger partial charge in [0.1, 0.15) is 23.4 Å². The van der Waals surface area contributed by atoms with Gasteiger partial charge < -0.3 is 19.5 Å². The Kier molecular flexibility index (Phi) is 5.43. The molecule has 0 aromatic heterocycles. The lowest BCUT2D eigenvalue weighted by Crippen LogP contribution is -2.42. The first-order valence-corrected chi connectivity index (χ1v) is 8.51. The van der Waals surface area contributed by atoms with Crippen molar-refractivity contribution in [3.63, 3.8) is 0 Å². The van der Waals surface area contributed by atoms with E-state index in [1.807, 2.05) is 35.2 Å². The van der Waals surface area contributed by atoms with E-state index in [2.05, 4.69) is 0 Å². The summed E-state index contributed by atoms with van der Waals surface area (Å²) in [5.41, 5.74) is 0.670. The number of piperidine rings is 1. The highest BCUT2D eigenvalue weighted by atomic mass is 16.5. The van der Waals surface area contributed by atoms with Gasteiger partial charge in [-0.25, -0.2) is 0 Å². The monoisotopic (exact) mass is 341 g/mol. The number of hydrogen-bond acceptors (Lipinski definition) is 4. The van der Waals surface area contributed by atoms with Gasteiger partial charge in [0.2, 0.25) is 5.91 Å². The topological polar surface area (TPSA) is 59.0 Å². The van der Waals surface area contributed by atoms with Gasteiger partial charge in [-0.3, -0.25) is 4.79 Å². The van der Waals surface area contributed by atoms with Crippen molar-refractivity contribution in [1.29, 1.82) is 0 Å². The third kappa shape index (κ3) is 4.44. The van der Waals surface area contributed by atoms with Crippen LogP contribution in [0.15, 0.2) is 48.5 Å². The number of nitrogens with zero attached hydrogens (tertiary/aromatic N) is 1. The number of phenols is 1. The quantitative estimate of drug-likeness (QED) is 0.908. The second-order valence-corrected chi connectivity index (χ2v) is 6.18. The van der Waals surface area contributed by atoms with Crippen molar-refractivity contribution >= 4 is 5.91 Å². The SMILES string of the molecule is COc1ccc(OC2CCN(C(=O)Cc3ccccc3O)CC2)cc1. The highest BCUT2D eigenvalue weighted by Gasteiger charge is 2.24. The van der Waals surface area contributed by atoms with Crippen LogP contribution in [0, 0.1) is 0 Å². The largest absolute Gasteiger partial charge is 0.508 e. The Balaban J connectivity index is 1.49. The summed E-state index contributed by atoms with van der Waals surface area (Å²) >= 11 is 0. The fraction of sp³-hybridized carbons (Fsp3) is 0.350. The van der Waals surface area contributed by atoms with E-state index in [-0.39, 0.29) is 24.2 Å². The van der Waals surface area contributed by atoms with Gasteiger partial charge in [-0.1, -0.05) is 18.2 Å². The third-order valence-electron chi connectivity index (χ3n) is 4.49. The minimum absolute atomic E-state index is 0.0457. The van der Waals surface area contributed by atoms with E-state index in [0.717, 1.165) is 24.3 Å². The standard InChI is InChI=1S/C20H23NO4/c1-24-16-6-8-17(9-7-16)25-18-10-12-21(13-11-18)20(23)14-15-4-2-3-5-19(15)22/h2-9,18,22H,10-14H2,1H3. The van der Waals surface area contributed by atoms with Crippen LogP contribution in [0.2, 0.25) is 0 Å². The molecule has 0 radical (unpaired) electrons. The maximum atomic E-state index is 12.4. The fourth-order valence-corrected chi connectivity index (χ4v) is 3.00. The minimum atomic E-state index is 0.0457. The molecule has 5 heteroatoms. The molecule has 132 valence electrons. The van der Waals surface area contributed by atoms with Gasteiger partial charge in [0.05, 0.1) is 13.5 Å². The van der Waals surface area contributed by atoms with Crippen molar-refractivity contribution in [2.75, 3.05) is 20.2 Å². The number of likely N-dealkylation sites (tertiary alicyclic amines) is 1. The second-order valence-electron chi connectivity index (χ2n) is 6.18. The Labute approximate surface area is 147 Å². The molecule has 0 aliphatic carbocycles. The Morgan fingerprint density at radius 1 is 1.08 bits per heavy atom. The van der Waals surface area contributed by atoms with Crippen LogP contribution < -0.4 is 9.47 Å². The van der Waals surface area contributed by atoms with Crippen LogP contribution in [-0.4, -0.2) is 42.2 Å². The van der Waals surface area contributed by atoms with Crippen molar-refractivity contribution in [2.45, 2.75) is 25.4 Å². The molecule has 2 aromatic rings. The molecule has 1 fully saturated rings. The molecule has 0 unspecified atom stereocenters. The molecule has 25 heavy (non-hydrogen) atoms. The zero-order chi connectivity index (χ0) is 17.6. The molecule has 1 saturated heterocycles. The molecule has 0 bridgehead atoms. The zero-order valence-electron chi connectivity index (χ0n) is 14.4. The Hall–Kier alpha value is -2.69. The number of carbonyl (C=O) groups is 1. The molecule has 1 heterocycles. The summed E-state index contributed by atoms with van der Waals surface area (Å²) in [4.78, 5) is 14.3. The molecular weight excluding hydrogens is 318 g/mol. The molecule has 0 atom stereocenters. The van der Waals surface area contributed by atoms with E-state index >= 15 is 0 Å². The van der Waals surface area contributed by atoms with Gasteiger partial charge in [0.15, 0.2) is 0 Å². The van der Waals surface area contributed by atoms with E-state index < -0.39 is 0 Å². The lowest BCUT2D eigenvalue weighted by Gasteiger charge is -2.32. The molecular formula is C20H23NO4. The Morgan fingerprint density at radius 2 is 1.72 bits per heavy atom. The number of ether oxygens (including phenoxy) is 2. The van der Waals surface area contributed by atoms with Gasteiger partial charge in [0, 0.05) is 31.5 Å². The molecule has 5 nitrogen and oxygen atoms in total. The van der Waals surface area contributed by atoms with E-state index in [1.54, 1.807) is 25.3 Å². The minimum Gasteiger partial charge on any atom is -0.508 e. The van der Waals surface area contributed by atoms with Crippen LogP contribution in [-0.2, 0) is 11.2 Å². The van der Waals surface area contributed by atoms with Gasteiger partial charge in [-0.2, -0.15) is 0 Å². The summed E-state index contributed by atoms with van der Waals surface area (Å²) in [6.45, 7) is 1.35. The number of amides is 1. The van der Waals surface area contributed by atoms with Crippen molar-refractivity contribution in [1.82, 2.24) is 4.90 Å². The van der Waals surface area contributed by atoms with Crippen LogP contribution in [0.4, 0.5) is 0 Å². The smallest absolute Gasteiger partial charge is 0.227 e. The van der Waals surface area contributed by atoms with Crippen LogP contribution >= 0.6 is 0 Å². The van der Waals surface area contributed by atoms with Gasteiger partial charge in [-0.15, -0.1) is 0 Å². The van der Waals surface area contributed by atoms with Gasteiger partial charge >= 0.3 is 0 Å². The summed E-state index contributed by atoms with van der Waals surface area (Å²) in [6.07, 6.45) is 1.95. The number of phenolic OH excluding ortho intramolecular Hbond substituents is 1. The third-order valence-corrected chi connectivity index (χ3v) is 4.49. The predicted molar refractivity (Wildman–Crippen MR) is 95.0 cm³/mol. The summed E-state index contributed by atoms with van der Waals surface area (Å²) in [5, 5.41) is 9.80. The van der Waals surface area contributed by atoms with Gasteiger partial charge in [0.25, 0.3) is 0 Å².